The molecule has 2 fully saturated rings. The molecule has 1 atom stereocenters. The second-order valence-corrected chi connectivity index (χ2v) is 8.31. The Hall–Kier alpha value is -0.950. The first-order chi connectivity index (χ1) is 9.62. The van der Waals surface area contributed by atoms with Crippen molar-refractivity contribution >= 4 is 9.84 Å². The lowest BCUT2D eigenvalue weighted by Crippen LogP contribution is -2.39. The molecule has 0 N–H and O–H groups in total. The molecule has 112 valence electrons. The van der Waals surface area contributed by atoms with Gasteiger partial charge in [0.25, 0.3) is 0 Å². The highest BCUT2D eigenvalue weighted by atomic mass is 32.2. The highest BCUT2D eigenvalue weighted by molar-refractivity contribution is 7.91. The Morgan fingerprint density at radius 3 is 2.65 bits per heavy atom. The number of nitrogens with zero attached hydrogens (tertiary/aromatic N) is 4. The molecule has 0 bridgehead atoms. The molecule has 0 unspecified atom stereocenters. The Labute approximate surface area is 120 Å². The molecule has 0 saturated carbocycles. The lowest BCUT2D eigenvalue weighted by molar-refractivity contribution is 0.187. The molecule has 2 aliphatic heterocycles. The van der Waals surface area contributed by atoms with Crippen molar-refractivity contribution < 1.29 is 8.42 Å². The Balaban J connectivity index is 1.54. The highest BCUT2D eigenvalue weighted by Crippen LogP contribution is 2.25. The third kappa shape index (κ3) is 3.38. The van der Waals surface area contributed by atoms with Gasteiger partial charge in [-0.3, -0.25) is 9.58 Å². The quantitative estimate of drug-likeness (QED) is 0.813. The van der Waals surface area contributed by atoms with Crippen LogP contribution in [0.4, 0.5) is 0 Å². The average Bonchev–Trinajstić information content (AvgIpc) is 3.05. The van der Waals surface area contributed by atoms with Crippen LogP contribution in [0, 0.1) is 5.92 Å². The molecule has 6 nitrogen and oxygen atoms in total. The van der Waals surface area contributed by atoms with Gasteiger partial charge >= 0.3 is 0 Å². The van der Waals surface area contributed by atoms with E-state index in [9.17, 15) is 8.42 Å². The van der Waals surface area contributed by atoms with Crippen LogP contribution < -0.4 is 0 Å². The molecule has 1 aromatic heterocycles. The molecule has 2 aliphatic rings. The van der Waals surface area contributed by atoms with Crippen LogP contribution in [-0.4, -0.2) is 58.9 Å². The SMILES string of the molecule is O=S1(=O)CCC(CN2CCC[C@H]2Cn2ccnn2)CC1. The topological polar surface area (TPSA) is 68.1 Å². The maximum atomic E-state index is 11.5. The van der Waals surface area contributed by atoms with E-state index in [1.807, 2.05) is 10.9 Å². The van der Waals surface area contributed by atoms with Crippen LogP contribution in [0.15, 0.2) is 12.4 Å². The summed E-state index contributed by atoms with van der Waals surface area (Å²) >= 11 is 0. The number of sulfone groups is 1. The smallest absolute Gasteiger partial charge is 0.150 e. The van der Waals surface area contributed by atoms with Crippen LogP contribution in [0.1, 0.15) is 25.7 Å². The minimum Gasteiger partial charge on any atom is -0.298 e. The molecular weight excluding hydrogens is 276 g/mol. The van der Waals surface area contributed by atoms with Gasteiger partial charge in [0.2, 0.25) is 0 Å². The first-order valence-corrected chi connectivity index (χ1v) is 9.23. The van der Waals surface area contributed by atoms with Crippen LogP contribution in [0.25, 0.3) is 0 Å². The standard InChI is InChI=1S/C13H22N4O2S/c18-20(19)8-3-12(4-9-20)10-16-6-1-2-13(16)11-17-7-5-14-15-17/h5,7,12-13H,1-4,6,8-11H2/t13-/m0/s1. The van der Waals surface area contributed by atoms with Crippen molar-refractivity contribution in [3.05, 3.63) is 12.4 Å². The van der Waals surface area contributed by atoms with Gasteiger partial charge in [-0.05, 0) is 38.1 Å². The van der Waals surface area contributed by atoms with E-state index in [1.54, 1.807) is 6.20 Å². The van der Waals surface area contributed by atoms with Gasteiger partial charge in [0.15, 0.2) is 0 Å². The van der Waals surface area contributed by atoms with E-state index in [1.165, 1.54) is 12.8 Å². The van der Waals surface area contributed by atoms with E-state index in [-0.39, 0.29) is 0 Å². The summed E-state index contributed by atoms with van der Waals surface area (Å²) in [6.45, 7) is 3.06. The Morgan fingerprint density at radius 1 is 1.15 bits per heavy atom. The van der Waals surface area contributed by atoms with E-state index >= 15 is 0 Å². The lowest BCUT2D eigenvalue weighted by Gasteiger charge is -2.30. The molecule has 0 aromatic carbocycles. The van der Waals surface area contributed by atoms with Crippen molar-refractivity contribution in [3.8, 4) is 0 Å². The van der Waals surface area contributed by atoms with Crippen LogP contribution in [0.2, 0.25) is 0 Å². The number of hydrogen-bond donors (Lipinski definition) is 0. The summed E-state index contributed by atoms with van der Waals surface area (Å²) < 4.78 is 24.9. The fraction of sp³-hybridized carbons (Fsp3) is 0.846. The summed E-state index contributed by atoms with van der Waals surface area (Å²) in [5.41, 5.74) is 0. The predicted molar refractivity (Wildman–Crippen MR) is 76.0 cm³/mol. The molecule has 0 radical (unpaired) electrons. The third-order valence-electron chi connectivity index (χ3n) is 4.54. The molecule has 3 rings (SSSR count). The second-order valence-electron chi connectivity index (χ2n) is 6.01. The summed E-state index contributed by atoms with van der Waals surface area (Å²) in [7, 11) is -2.74. The summed E-state index contributed by atoms with van der Waals surface area (Å²) in [6, 6.07) is 0.523. The third-order valence-corrected chi connectivity index (χ3v) is 6.25. The summed E-state index contributed by atoms with van der Waals surface area (Å²) in [6.07, 6.45) is 7.70. The lowest BCUT2D eigenvalue weighted by atomic mass is 10.0. The largest absolute Gasteiger partial charge is 0.298 e. The predicted octanol–water partition coefficient (Wildman–Crippen LogP) is 0.567. The van der Waals surface area contributed by atoms with Gasteiger partial charge in [-0.1, -0.05) is 5.21 Å². The van der Waals surface area contributed by atoms with Crippen LogP contribution in [-0.2, 0) is 16.4 Å². The van der Waals surface area contributed by atoms with Gasteiger partial charge in [-0.15, -0.1) is 5.10 Å². The minimum atomic E-state index is -2.74. The molecule has 0 spiro atoms. The van der Waals surface area contributed by atoms with Gasteiger partial charge in [-0.2, -0.15) is 0 Å². The Bertz CT molecular complexity index is 515. The summed E-state index contributed by atoms with van der Waals surface area (Å²) in [4.78, 5) is 2.52. The molecule has 3 heterocycles. The number of aromatic nitrogens is 3. The first kappa shape index (κ1) is 14.0. The van der Waals surface area contributed by atoms with Crippen molar-refractivity contribution in [1.29, 1.82) is 0 Å². The zero-order valence-corrected chi connectivity index (χ0v) is 12.5. The van der Waals surface area contributed by atoms with E-state index in [2.05, 4.69) is 15.2 Å². The monoisotopic (exact) mass is 298 g/mol. The van der Waals surface area contributed by atoms with Crippen molar-refractivity contribution in [2.24, 2.45) is 5.92 Å². The molecule has 0 aliphatic carbocycles. The van der Waals surface area contributed by atoms with Gasteiger partial charge in [-0.25, -0.2) is 8.42 Å². The van der Waals surface area contributed by atoms with Crippen molar-refractivity contribution in [2.45, 2.75) is 38.3 Å². The molecule has 1 aromatic rings. The molecule has 0 amide bonds. The molecule has 7 heteroatoms. The van der Waals surface area contributed by atoms with Crippen LogP contribution in [0.3, 0.4) is 0 Å². The maximum Gasteiger partial charge on any atom is 0.150 e. The van der Waals surface area contributed by atoms with Crippen molar-refractivity contribution in [2.75, 3.05) is 24.6 Å². The Kier molecular flexibility index (Phi) is 4.07. The van der Waals surface area contributed by atoms with Crippen molar-refractivity contribution in [3.63, 3.8) is 0 Å². The van der Waals surface area contributed by atoms with E-state index in [0.717, 1.165) is 32.5 Å². The first-order valence-electron chi connectivity index (χ1n) is 7.41. The van der Waals surface area contributed by atoms with E-state index in [4.69, 9.17) is 0 Å². The summed E-state index contributed by atoms with van der Waals surface area (Å²) in [5.74, 6) is 1.29. The normalized spacial score (nSPS) is 27.9. The second kappa shape index (κ2) is 5.81. The number of likely N-dealkylation sites (tertiary alicyclic amines) is 1. The Morgan fingerprint density at radius 2 is 1.95 bits per heavy atom. The summed E-state index contributed by atoms with van der Waals surface area (Å²) in [5, 5.41) is 7.89. The fourth-order valence-corrected chi connectivity index (χ4v) is 4.93. The van der Waals surface area contributed by atoms with E-state index in [0.29, 0.717) is 23.5 Å². The maximum absolute atomic E-state index is 11.5. The minimum absolute atomic E-state index is 0.374. The fourth-order valence-electron chi connectivity index (χ4n) is 3.34. The van der Waals surface area contributed by atoms with Crippen LogP contribution >= 0.6 is 0 Å². The van der Waals surface area contributed by atoms with Gasteiger partial charge < -0.3 is 0 Å². The molecular formula is C13H22N4O2S. The zero-order valence-electron chi connectivity index (χ0n) is 11.7. The number of rotatable bonds is 4. The van der Waals surface area contributed by atoms with Crippen molar-refractivity contribution in [1.82, 2.24) is 19.9 Å². The van der Waals surface area contributed by atoms with Gasteiger partial charge in [0, 0.05) is 18.8 Å². The van der Waals surface area contributed by atoms with Crippen LogP contribution in [0.5, 0.6) is 0 Å². The van der Waals surface area contributed by atoms with Gasteiger partial charge in [0.05, 0.1) is 24.2 Å². The number of hydrogen-bond acceptors (Lipinski definition) is 5. The highest BCUT2D eigenvalue weighted by Gasteiger charge is 2.30. The molecule has 20 heavy (non-hydrogen) atoms. The zero-order chi connectivity index (χ0) is 14.0. The molecule has 2 saturated heterocycles. The average molecular weight is 298 g/mol. The van der Waals surface area contributed by atoms with E-state index < -0.39 is 9.84 Å². The van der Waals surface area contributed by atoms with Gasteiger partial charge in [0.1, 0.15) is 9.84 Å².